The fourth-order valence-corrected chi connectivity index (χ4v) is 0.991. The van der Waals surface area contributed by atoms with E-state index in [0.29, 0.717) is 5.57 Å². The molecule has 0 unspecified atom stereocenters. The van der Waals surface area contributed by atoms with Crippen LogP contribution in [-0.4, -0.2) is 23.3 Å². The molecule has 1 aliphatic heterocycles. The van der Waals surface area contributed by atoms with Crippen LogP contribution in [-0.2, 0) is 4.79 Å². The van der Waals surface area contributed by atoms with E-state index < -0.39 is 5.97 Å². The van der Waals surface area contributed by atoms with Crippen molar-refractivity contribution in [2.75, 3.05) is 6.54 Å². The van der Waals surface area contributed by atoms with Gasteiger partial charge in [-0.25, -0.2) is 4.79 Å². The highest BCUT2D eigenvalue weighted by Crippen LogP contribution is 2.06. The molecule has 1 rings (SSSR count). The van der Waals surface area contributed by atoms with Gasteiger partial charge in [-0.05, 0) is 25.8 Å². The topological polar surface area (TPSA) is 49.7 Å². The van der Waals surface area contributed by atoms with Crippen LogP contribution in [0.5, 0.6) is 0 Å². The Morgan fingerprint density at radius 2 is 2.45 bits per heavy atom. The Hall–Kier alpha value is -1.12. The summed E-state index contributed by atoms with van der Waals surface area (Å²) in [5, 5.41) is 8.52. The number of aliphatic carboxylic acids is 1. The third-order valence-electron chi connectivity index (χ3n) is 1.63. The van der Waals surface area contributed by atoms with Crippen LogP contribution in [0.3, 0.4) is 0 Å². The molecule has 1 aliphatic rings. The summed E-state index contributed by atoms with van der Waals surface area (Å²) in [7, 11) is 0. The predicted octanol–water partition coefficient (Wildman–Crippen LogP) is 1.25. The Morgan fingerprint density at radius 3 is 2.91 bits per heavy atom. The summed E-state index contributed by atoms with van der Waals surface area (Å²) in [6, 6.07) is 0. The number of aliphatic imine (C=N–C) groups is 1. The number of carboxylic acid groups (broad SMARTS) is 1. The highest BCUT2D eigenvalue weighted by molar-refractivity contribution is 6.02. The molecular weight excluding hydrogens is 142 g/mol. The number of hydrogen-bond acceptors (Lipinski definition) is 2. The molecule has 0 spiro atoms. The van der Waals surface area contributed by atoms with E-state index in [1.165, 1.54) is 0 Å². The zero-order valence-electron chi connectivity index (χ0n) is 6.50. The summed E-state index contributed by atoms with van der Waals surface area (Å²) in [5.74, 6) is -0.861. The third-order valence-corrected chi connectivity index (χ3v) is 1.63. The number of carboxylic acids is 1. The van der Waals surface area contributed by atoms with Crippen LogP contribution in [0.15, 0.2) is 16.6 Å². The van der Waals surface area contributed by atoms with Crippen LogP contribution in [0.25, 0.3) is 0 Å². The molecule has 0 aromatic carbocycles. The van der Waals surface area contributed by atoms with Gasteiger partial charge in [0.15, 0.2) is 0 Å². The summed E-state index contributed by atoms with van der Waals surface area (Å²) in [5.41, 5.74) is 1.29. The van der Waals surface area contributed by atoms with Crippen LogP contribution in [0.1, 0.15) is 19.8 Å². The molecule has 0 amide bonds. The highest BCUT2D eigenvalue weighted by atomic mass is 16.4. The van der Waals surface area contributed by atoms with E-state index in [-0.39, 0.29) is 0 Å². The normalized spacial score (nSPS) is 18.3. The van der Waals surface area contributed by atoms with Crippen molar-refractivity contribution in [2.45, 2.75) is 19.8 Å². The van der Waals surface area contributed by atoms with E-state index in [1.807, 2.05) is 0 Å². The standard InChI is InChI=1S/C8H11NO2/c1-6(8(10)11)5-7-3-2-4-9-7/h5H,2-4H2,1H3,(H,10,11). The second-order valence-electron chi connectivity index (χ2n) is 2.61. The molecule has 0 fully saturated rings. The van der Waals surface area contributed by atoms with Gasteiger partial charge in [0.05, 0.1) is 0 Å². The number of allylic oxidation sites excluding steroid dienone is 1. The molecule has 1 heterocycles. The Labute approximate surface area is 65.4 Å². The first-order chi connectivity index (χ1) is 5.20. The van der Waals surface area contributed by atoms with Crippen molar-refractivity contribution >= 4 is 11.7 Å². The van der Waals surface area contributed by atoms with Crippen LogP contribution in [0.4, 0.5) is 0 Å². The Kier molecular flexibility index (Phi) is 2.41. The molecule has 0 atom stereocenters. The molecule has 3 nitrogen and oxygen atoms in total. The Morgan fingerprint density at radius 1 is 1.73 bits per heavy atom. The summed E-state index contributed by atoms with van der Waals surface area (Å²) >= 11 is 0. The number of nitrogens with zero attached hydrogens (tertiary/aromatic N) is 1. The minimum absolute atomic E-state index is 0.366. The SMILES string of the molecule is CC(=CC1=NCCC1)C(=O)O. The molecule has 0 bridgehead atoms. The maximum atomic E-state index is 10.4. The predicted molar refractivity (Wildman–Crippen MR) is 42.9 cm³/mol. The second-order valence-corrected chi connectivity index (χ2v) is 2.61. The van der Waals surface area contributed by atoms with Gasteiger partial charge in [0.1, 0.15) is 0 Å². The van der Waals surface area contributed by atoms with Crippen molar-refractivity contribution in [3.8, 4) is 0 Å². The third kappa shape index (κ3) is 2.18. The Bertz CT molecular complexity index is 228. The summed E-state index contributed by atoms with van der Waals surface area (Å²) in [4.78, 5) is 14.5. The minimum atomic E-state index is -0.861. The lowest BCUT2D eigenvalue weighted by atomic mass is 10.2. The van der Waals surface area contributed by atoms with E-state index in [4.69, 9.17) is 5.11 Å². The van der Waals surface area contributed by atoms with Gasteiger partial charge in [-0.15, -0.1) is 0 Å². The summed E-state index contributed by atoms with van der Waals surface area (Å²) in [6.45, 7) is 2.43. The molecule has 1 N–H and O–H groups in total. The zero-order valence-corrected chi connectivity index (χ0v) is 6.50. The maximum absolute atomic E-state index is 10.4. The maximum Gasteiger partial charge on any atom is 0.331 e. The lowest BCUT2D eigenvalue weighted by Crippen LogP contribution is -1.99. The van der Waals surface area contributed by atoms with Gasteiger partial charge in [-0.3, -0.25) is 4.99 Å². The van der Waals surface area contributed by atoms with Crippen molar-refractivity contribution in [1.82, 2.24) is 0 Å². The fourth-order valence-electron chi connectivity index (χ4n) is 0.991. The molecule has 0 aromatic heterocycles. The van der Waals surface area contributed by atoms with Gasteiger partial charge in [0.25, 0.3) is 0 Å². The van der Waals surface area contributed by atoms with Gasteiger partial charge in [-0.2, -0.15) is 0 Å². The van der Waals surface area contributed by atoms with Gasteiger partial charge in [0, 0.05) is 17.8 Å². The first kappa shape index (κ1) is 7.98. The quantitative estimate of drug-likeness (QED) is 0.607. The molecule has 3 heteroatoms. The highest BCUT2D eigenvalue weighted by Gasteiger charge is 2.06. The van der Waals surface area contributed by atoms with E-state index in [2.05, 4.69) is 4.99 Å². The van der Waals surface area contributed by atoms with Crippen molar-refractivity contribution < 1.29 is 9.90 Å². The van der Waals surface area contributed by atoms with Crippen molar-refractivity contribution in [1.29, 1.82) is 0 Å². The number of hydrogen-bond donors (Lipinski definition) is 1. The average molecular weight is 153 g/mol. The van der Waals surface area contributed by atoms with Gasteiger partial charge >= 0.3 is 5.97 Å². The number of carbonyl (C=O) groups is 1. The number of rotatable bonds is 2. The summed E-state index contributed by atoms with van der Waals surface area (Å²) in [6.07, 6.45) is 3.62. The molecule has 60 valence electrons. The van der Waals surface area contributed by atoms with Gasteiger partial charge in [-0.1, -0.05) is 0 Å². The van der Waals surface area contributed by atoms with Crippen molar-refractivity contribution in [3.05, 3.63) is 11.6 Å². The average Bonchev–Trinajstić information content (AvgIpc) is 2.39. The van der Waals surface area contributed by atoms with Crippen LogP contribution >= 0.6 is 0 Å². The molecule has 11 heavy (non-hydrogen) atoms. The van der Waals surface area contributed by atoms with Crippen LogP contribution in [0, 0.1) is 0 Å². The molecule has 0 saturated heterocycles. The van der Waals surface area contributed by atoms with Crippen molar-refractivity contribution in [2.24, 2.45) is 4.99 Å². The smallest absolute Gasteiger partial charge is 0.331 e. The monoisotopic (exact) mass is 153 g/mol. The van der Waals surface area contributed by atoms with Crippen molar-refractivity contribution in [3.63, 3.8) is 0 Å². The molecule has 0 saturated carbocycles. The second kappa shape index (κ2) is 3.32. The largest absolute Gasteiger partial charge is 0.478 e. The molecule has 0 radical (unpaired) electrons. The van der Waals surface area contributed by atoms with E-state index in [9.17, 15) is 4.79 Å². The van der Waals surface area contributed by atoms with E-state index in [0.717, 1.165) is 25.1 Å². The lowest BCUT2D eigenvalue weighted by molar-refractivity contribution is -0.132. The lowest BCUT2D eigenvalue weighted by Gasteiger charge is -1.92. The van der Waals surface area contributed by atoms with Gasteiger partial charge < -0.3 is 5.11 Å². The van der Waals surface area contributed by atoms with Crippen LogP contribution in [0.2, 0.25) is 0 Å². The zero-order chi connectivity index (χ0) is 8.27. The first-order valence-corrected chi connectivity index (χ1v) is 3.65. The Balaban J connectivity index is 2.63. The van der Waals surface area contributed by atoms with Crippen LogP contribution < -0.4 is 0 Å². The summed E-state index contributed by atoms with van der Waals surface area (Å²) < 4.78 is 0. The molecule has 0 aliphatic carbocycles. The minimum Gasteiger partial charge on any atom is -0.478 e. The first-order valence-electron chi connectivity index (χ1n) is 3.65. The van der Waals surface area contributed by atoms with E-state index >= 15 is 0 Å². The molecular formula is C8H11NO2. The van der Waals surface area contributed by atoms with E-state index in [1.54, 1.807) is 13.0 Å². The van der Waals surface area contributed by atoms with Gasteiger partial charge in [0.2, 0.25) is 0 Å². The fraction of sp³-hybridized carbons (Fsp3) is 0.500. The molecule has 0 aromatic rings.